The van der Waals surface area contributed by atoms with Crippen molar-refractivity contribution < 1.29 is 5.11 Å². The molecule has 0 radical (unpaired) electrons. The Hall–Kier alpha value is -1.80. The third kappa shape index (κ3) is 2.90. The summed E-state index contributed by atoms with van der Waals surface area (Å²) in [5.41, 5.74) is 9.71. The van der Waals surface area contributed by atoms with Gasteiger partial charge in [-0.15, -0.1) is 0 Å². The molecule has 0 amide bonds. The third-order valence-electron chi connectivity index (χ3n) is 3.10. The van der Waals surface area contributed by atoms with Gasteiger partial charge >= 0.3 is 0 Å². The Kier molecular flexibility index (Phi) is 4.00. The molecule has 1 atom stereocenters. The van der Waals surface area contributed by atoms with Gasteiger partial charge in [0.2, 0.25) is 0 Å². The van der Waals surface area contributed by atoms with Crippen molar-refractivity contribution in [1.82, 2.24) is 0 Å². The molecule has 18 heavy (non-hydrogen) atoms. The van der Waals surface area contributed by atoms with Crippen molar-refractivity contribution in [3.8, 4) is 5.75 Å². The van der Waals surface area contributed by atoms with Crippen LogP contribution < -0.4 is 5.73 Å². The molecular weight excluding hydrogens is 222 g/mol. The van der Waals surface area contributed by atoms with E-state index >= 15 is 0 Å². The van der Waals surface area contributed by atoms with Gasteiger partial charge in [-0.05, 0) is 35.2 Å². The number of nitrogens with two attached hydrogens (primary N) is 1. The zero-order valence-electron chi connectivity index (χ0n) is 10.6. The number of hydrogen-bond acceptors (Lipinski definition) is 2. The van der Waals surface area contributed by atoms with Gasteiger partial charge in [-0.1, -0.05) is 49.7 Å². The Morgan fingerprint density at radius 1 is 1.06 bits per heavy atom. The number of aryl methyl sites for hydroxylation is 1. The van der Waals surface area contributed by atoms with E-state index in [4.69, 9.17) is 5.73 Å². The van der Waals surface area contributed by atoms with Crippen molar-refractivity contribution in [2.75, 3.05) is 0 Å². The van der Waals surface area contributed by atoms with E-state index in [1.807, 2.05) is 12.1 Å². The molecule has 3 N–H and O–H groups in total. The van der Waals surface area contributed by atoms with E-state index in [0.29, 0.717) is 0 Å². The van der Waals surface area contributed by atoms with Crippen molar-refractivity contribution in [3.63, 3.8) is 0 Å². The summed E-state index contributed by atoms with van der Waals surface area (Å²) in [6.07, 6.45) is 2.22. The topological polar surface area (TPSA) is 46.2 Å². The second-order valence-electron chi connectivity index (χ2n) is 4.56. The van der Waals surface area contributed by atoms with Gasteiger partial charge < -0.3 is 10.8 Å². The monoisotopic (exact) mass is 241 g/mol. The molecule has 0 aliphatic carbocycles. The van der Waals surface area contributed by atoms with E-state index in [9.17, 15) is 5.11 Å². The molecule has 0 aliphatic heterocycles. The lowest BCUT2D eigenvalue weighted by molar-refractivity contribution is 0.475. The molecule has 2 aromatic rings. The molecule has 2 rings (SSSR count). The molecule has 0 fully saturated rings. The van der Waals surface area contributed by atoms with Gasteiger partial charge in [0.25, 0.3) is 0 Å². The normalized spacial score (nSPS) is 12.3. The van der Waals surface area contributed by atoms with Gasteiger partial charge in [-0.25, -0.2) is 0 Å². The van der Waals surface area contributed by atoms with Crippen molar-refractivity contribution in [1.29, 1.82) is 0 Å². The molecular formula is C16H19NO. The van der Waals surface area contributed by atoms with Crippen LogP contribution in [0.2, 0.25) is 0 Å². The minimum Gasteiger partial charge on any atom is -0.508 e. The first-order valence-electron chi connectivity index (χ1n) is 6.34. The minimum atomic E-state index is -0.137. The molecule has 0 heterocycles. The SMILES string of the molecule is CCCc1cccc(C(N)c2ccc(O)cc2)c1. The molecule has 0 saturated carbocycles. The van der Waals surface area contributed by atoms with Gasteiger partial charge in [-0.3, -0.25) is 0 Å². The number of phenolic OH excluding ortho intramolecular Hbond substituents is 1. The van der Waals surface area contributed by atoms with Crippen LogP contribution in [-0.4, -0.2) is 5.11 Å². The summed E-state index contributed by atoms with van der Waals surface area (Å²) >= 11 is 0. The van der Waals surface area contributed by atoms with Crippen LogP contribution in [0.25, 0.3) is 0 Å². The maximum absolute atomic E-state index is 9.28. The van der Waals surface area contributed by atoms with Gasteiger partial charge in [0.15, 0.2) is 0 Å². The van der Waals surface area contributed by atoms with Crippen LogP contribution in [0.4, 0.5) is 0 Å². The summed E-state index contributed by atoms with van der Waals surface area (Å²) in [5.74, 6) is 0.269. The maximum Gasteiger partial charge on any atom is 0.115 e. The summed E-state index contributed by atoms with van der Waals surface area (Å²) in [5, 5.41) is 9.28. The number of hydrogen-bond donors (Lipinski definition) is 2. The van der Waals surface area contributed by atoms with E-state index in [-0.39, 0.29) is 11.8 Å². The highest BCUT2D eigenvalue weighted by Crippen LogP contribution is 2.22. The van der Waals surface area contributed by atoms with E-state index < -0.39 is 0 Å². The van der Waals surface area contributed by atoms with Crippen LogP contribution >= 0.6 is 0 Å². The molecule has 0 aromatic heterocycles. The number of phenols is 1. The summed E-state index contributed by atoms with van der Waals surface area (Å²) in [6, 6.07) is 15.4. The smallest absolute Gasteiger partial charge is 0.115 e. The van der Waals surface area contributed by atoms with Crippen LogP contribution in [0.5, 0.6) is 5.75 Å². The van der Waals surface area contributed by atoms with Crippen LogP contribution in [0, 0.1) is 0 Å². The highest BCUT2D eigenvalue weighted by atomic mass is 16.3. The molecule has 94 valence electrons. The number of rotatable bonds is 4. The zero-order valence-corrected chi connectivity index (χ0v) is 10.6. The van der Waals surface area contributed by atoms with Crippen LogP contribution in [0.1, 0.15) is 36.1 Å². The van der Waals surface area contributed by atoms with Crippen molar-refractivity contribution in [3.05, 3.63) is 65.2 Å². The molecule has 2 aromatic carbocycles. The van der Waals surface area contributed by atoms with Crippen molar-refractivity contribution in [2.45, 2.75) is 25.8 Å². The second-order valence-corrected chi connectivity index (χ2v) is 4.56. The highest BCUT2D eigenvalue weighted by Gasteiger charge is 2.09. The lowest BCUT2D eigenvalue weighted by atomic mass is 9.97. The van der Waals surface area contributed by atoms with E-state index in [1.54, 1.807) is 12.1 Å². The van der Waals surface area contributed by atoms with Crippen LogP contribution in [-0.2, 0) is 6.42 Å². The van der Waals surface area contributed by atoms with Crippen LogP contribution in [0.15, 0.2) is 48.5 Å². The lowest BCUT2D eigenvalue weighted by Crippen LogP contribution is -2.11. The summed E-state index contributed by atoms with van der Waals surface area (Å²) in [6.45, 7) is 2.17. The van der Waals surface area contributed by atoms with Gasteiger partial charge in [0, 0.05) is 0 Å². The van der Waals surface area contributed by atoms with E-state index in [2.05, 4.69) is 31.2 Å². The summed E-state index contributed by atoms with van der Waals surface area (Å²) in [4.78, 5) is 0. The predicted molar refractivity (Wildman–Crippen MR) is 74.6 cm³/mol. The molecule has 0 bridgehead atoms. The summed E-state index contributed by atoms with van der Waals surface area (Å²) in [7, 11) is 0. The molecule has 0 aliphatic rings. The minimum absolute atomic E-state index is 0.137. The Morgan fingerprint density at radius 2 is 1.78 bits per heavy atom. The Morgan fingerprint density at radius 3 is 2.44 bits per heavy atom. The van der Waals surface area contributed by atoms with Crippen molar-refractivity contribution >= 4 is 0 Å². The molecule has 1 unspecified atom stereocenters. The third-order valence-corrected chi connectivity index (χ3v) is 3.10. The fourth-order valence-corrected chi connectivity index (χ4v) is 2.10. The highest BCUT2D eigenvalue weighted by molar-refractivity contribution is 5.36. The van der Waals surface area contributed by atoms with Crippen molar-refractivity contribution in [2.24, 2.45) is 5.73 Å². The Labute approximate surface area is 108 Å². The number of aromatic hydroxyl groups is 1. The average molecular weight is 241 g/mol. The first-order valence-corrected chi connectivity index (χ1v) is 6.34. The van der Waals surface area contributed by atoms with Crippen LogP contribution in [0.3, 0.4) is 0 Å². The first-order chi connectivity index (χ1) is 8.70. The quantitative estimate of drug-likeness (QED) is 0.861. The lowest BCUT2D eigenvalue weighted by Gasteiger charge is -2.14. The largest absolute Gasteiger partial charge is 0.508 e. The molecule has 0 spiro atoms. The second kappa shape index (κ2) is 5.69. The maximum atomic E-state index is 9.28. The Bertz CT molecular complexity index is 505. The fourth-order valence-electron chi connectivity index (χ4n) is 2.10. The number of benzene rings is 2. The van der Waals surface area contributed by atoms with Gasteiger partial charge in [0.1, 0.15) is 5.75 Å². The zero-order chi connectivity index (χ0) is 13.0. The van der Waals surface area contributed by atoms with Gasteiger partial charge in [-0.2, -0.15) is 0 Å². The molecule has 2 nitrogen and oxygen atoms in total. The Balaban J connectivity index is 2.24. The van der Waals surface area contributed by atoms with E-state index in [1.165, 1.54) is 5.56 Å². The molecule has 2 heteroatoms. The fraction of sp³-hybridized carbons (Fsp3) is 0.250. The standard InChI is InChI=1S/C16H19NO/c1-2-4-12-5-3-6-14(11-12)16(17)13-7-9-15(18)10-8-13/h3,5-11,16,18H,2,4,17H2,1H3. The predicted octanol–water partition coefficient (Wildman–Crippen LogP) is 3.39. The summed E-state index contributed by atoms with van der Waals surface area (Å²) < 4.78 is 0. The first kappa shape index (κ1) is 12.7. The van der Waals surface area contributed by atoms with Gasteiger partial charge in [0.05, 0.1) is 6.04 Å². The average Bonchev–Trinajstić information content (AvgIpc) is 2.39. The molecule has 0 saturated heterocycles. The van der Waals surface area contributed by atoms with E-state index in [0.717, 1.165) is 24.0 Å².